The Morgan fingerprint density at radius 1 is 0.800 bits per heavy atom. The number of nitrogens with one attached hydrogen (secondary N) is 3. The Morgan fingerprint density at radius 3 is 2.31 bits per heavy atom. The zero-order chi connectivity index (χ0) is 25.3. The summed E-state index contributed by atoms with van der Waals surface area (Å²) in [6, 6.07) is 18.0. The first-order valence-corrected chi connectivity index (χ1v) is 12.3. The maximum atomic E-state index is 13.2. The van der Waals surface area contributed by atoms with E-state index in [-0.39, 0.29) is 5.69 Å². The number of hydrogen-bond acceptors (Lipinski definition) is 3. The van der Waals surface area contributed by atoms with E-state index in [0.717, 1.165) is 25.6 Å². The minimum atomic E-state index is -0.906. The van der Waals surface area contributed by atoms with Gasteiger partial charge in [-0.15, -0.1) is 0 Å². The van der Waals surface area contributed by atoms with Crippen molar-refractivity contribution in [2.45, 2.75) is 20.8 Å². The third kappa shape index (κ3) is 5.31. The molecular weight excluding hydrogens is 576 g/mol. The van der Waals surface area contributed by atoms with Crippen molar-refractivity contribution < 1.29 is 14.4 Å². The van der Waals surface area contributed by atoms with Crippen LogP contribution in [0.15, 0.2) is 69.6 Å². The first kappa shape index (κ1) is 24.7. The Kier molecular flexibility index (Phi) is 7.09. The van der Waals surface area contributed by atoms with Crippen molar-refractivity contribution >= 4 is 71.9 Å². The minimum Gasteiger partial charge on any atom is -0.320 e. The Balaban J connectivity index is 1.65. The van der Waals surface area contributed by atoms with Gasteiger partial charge in [0.05, 0.1) is 11.2 Å². The van der Waals surface area contributed by atoms with E-state index in [1.807, 2.05) is 45.0 Å². The number of aromatic nitrogens is 1. The van der Waals surface area contributed by atoms with Gasteiger partial charge in [-0.1, -0.05) is 34.1 Å². The molecule has 9 heteroatoms. The molecule has 0 radical (unpaired) electrons. The highest BCUT2D eigenvalue weighted by atomic mass is 79.9. The number of anilines is 2. The van der Waals surface area contributed by atoms with Crippen molar-refractivity contribution in [3.05, 3.63) is 92.0 Å². The summed E-state index contributed by atoms with van der Waals surface area (Å²) in [5.74, 6) is -2.20. The Bertz CT molecular complexity index is 1490. The van der Waals surface area contributed by atoms with E-state index in [0.29, 0.717) is 22.3 Å². The lowest BCUT2D eigenvalue weighted by molar-refractivity contribution is -0.133. The molecule has 0 aliphatic heterocycles. The van der Waals surface area contributed by atoms with Crippen LogP contribution in [0.4, 0.5) is 11.4 Å². The van der Waals surface area contributed by atoms with Gasteiger partial charge >= 0.3 is 11.8 Å². The van der Waals surface area contributed by atoms with Crippen molar-refractivity contribution in [1.82, 2.24) is 4.68 Å². The van der Waals surface area contributed by atoms with Gasteiger partial charge in [0, 0.05) is 20.0 Å². The summed E-state index contributed by atoms with van der Waals surface area (Å²) in [5.41, 5.74) is 7.33. The summed E-state index contributed by atoms with van der Waals surface area (Å²) >= 11 is 6.89. The largest absolute Gasteiger partial charge is 0.328 e. The van der Waals surface area contributed by atoms with Crippen molar-refractivity contribution in [3.8, 4) is 0 Å². The lowest BCUT2D eigenvalue weighted by Crippen LogP contribution is -2.36. The Labute approximate surface area is 219 Å². The van der Waals surface area contributed by atoms with Gasteiger partial charge in [-0.2, -0.15) is 0 Å². The average Bonchev–Trinajstić information content (AvgIpc) is 3.16. The molecular formula is C26H22Br2N4O3. The summed E-state index contributed by atoms with van der Waals surface area (Å²) in [4.78, 5) is 38.8. The van der Waals surface area contributed by atoms with Crippen LogP contribution in [-0.2, 0) is 9.59 Å². The zero-order valence-corrected chi connectivity index (χ0v) is 22.4. The topological polar surface area (TPSA) is 92.2 Å². The fourth-order valence-corrected chi connectivity index (χ4v) is 4.57. The maximum Gasteiger partial charge on any atom is 0.328 e. The number of hydrogen-bond donors (Lipinski definition) is 3. The van der Waals surface area contributed by atoms with Crippen LogP contribution in [0.25, 0.3) is 10.9 Å². The number of carbonyl (C=O) groups is 3. The third-order valence-corrected chi connectivity index (χ3v) is 6.79. The number of rotatable bonds is 4. The molecule has 3 amide bonds. The average molecular weight is 598 g/mol. The molecule has 1 heterocycles. The second-order valence-corrected chi connectivity index (χ2v) is 9.92. The van der Waals surface area contributed by atoms with E-state index in [4.69, 9.17) is 0 Å². The number of fused-ring (bicyclic) bond motifs is 1. The molecule has 1 aromatic heterocycles. The van der Waals surface area contributed by atoms with Crippen molar-refractivity contribution in [3.63, 3.8) is 0 Å². The molecule has 0 aliphatic carbocycles. The number of amides is 3. The van der Waals surface area contributed by atoms with Crippen LogP contribution in [0, 0.1) is 20.8 Å². The number of benzene rings is 3. The highest BCUT2D eigenvalue weighted by Crippen LogP contribution is 2.27. The van der Waals surface area contributed by atoms with Crippen LogP contribution in [0.2, 0.25) is 0 Å². The number of carbonyl (C=O) groups excluding carboxylic acids is 3. The summed E-state index contributed by atoms with van der Waals surface area (Å²) in [6.07, 6.45) is 0. The molecule has 0 spiro atoms. The van der Waals surface area contributed by atoms with Crippen LogP contribution in [-0.4, -0.2) is 22.4 Å². The maximum absolute atomic E-state index is 13.2. The van der Waals surface area contributed by atoms with Gasteiger partial charge in [-0.3, -0.25) is 19.8 Å². The minimum absolute atomic E-state index is 0.165. The lowest BCUT2D eigenvalue weighted by Gasteiger charge is -2.14. The van der Waals surface area contributed by atoms with Crippen molar-refractivity contribution in [2.24, 2.45) is 0 Å². The van der Waals surface area contributed by atoms with E-state index < -0.39 is 17.7 Å². The Morgan fingerprint density at radius 2 is 1.57 bits per heavy atom. The van der Waals surface area contributed by atoms with E-state index in [9.17, 15) is 14.4 Å². The molecule has 4 aromatic rings. The van der Waals surface area contributed by atoms with Crippen LogP contribution in [0.1, 0.15) is 27.2 Å². The fraction of sp³-hybridized carbons (Fsp3) is 0.115. The molecule has 0 bridgehead atoms. The van der Waals surface area contributed by atoms with Crippen molar-refractivity contribution in [1.29, 1.82) is 0 Å². The van der Waals surface area contributed by atoms with Gasteiger partial charge in [0.1, 0.15) is 5.69 Å². The summed E-state index contributed by atoms with van der Waals surface area (Å²) in [7, 11) is 0. The first-order chi connectivity index (χ1) is 16.6. The molecule has 0 fully saturated rings. The zero-order valence-electron chi connectivity index (χ0n) is 19.2. The monoisotopic (exact) mass is 596 g/mol. The molecule has 0 unspecified atom stereocenters. The molecule has 35 heavy (non-hydrogen) atoms. The van der Waals surface area contributed by atoms with E-state index >= 15 is 0 Å². The standard InChI is InChI=1S/C26H22Br2N4O3/c1-14-7-9-21(19(28)11-14)30-24(33)23-13-17-12-18(27)8-10-22(17)32(23)31-26(35)25(34)29-20-6-4-5-15(2)16(20)3/h4-13H,1-3H3,(H,29,34)(H,30,33)(H,31,35). The SMILES string of the molecule is Cc1ccc(NC(=O)c2cc3cc(Br)ccc3n2NC(=O)C(=O)Nc2cccc(C)c2C)c(Br)c1. The van der Waals surface area contributed by atoms with Gasteiger partial charge in [0.15, 0.2) is 0 Å². The van der Waals surface area contributed by atoms with Crippen molar-refractivity contribution in [2.75, 3.05) is 16.1 Å². The summed E-state index contributed by atoms with van der Waals surface area (Å²) in [6.45, 7) is 5.74. The quantitative estimate of drug-likeness (QED) is 0.250. The number of aryl methyl sites for hydroxylation is 2. The second-order valence-electron chi connectivity index (χ2n) is 8.15. The van der Waals surface area contributed by atoms with Gasteiger partial charge in [0.2, 0.25) is 0 Å². The highest BCUT2D eigenvalue weighted by molar-refractivity contribution is 9.10. The first-order valence-electron chi connectivity index (χ1n) is 10.7. The number of halogens is 2. The summed E-state index contributed by atoms with van der Waals surface area (Å²) < 4.78 is 2.87. The molecule has 3 aromatic carbocycles. The molecule has 0 saturated carbocycles. The van der Waals surface area contributed by atoms with Gasteiger partial charge in [0.25, 0.3) is 5.91 Å². The molecule has 0 saturated heterocycles. The van der Waals surface area contributed by atoms with E-state index in [1.165, 1.54) is 4.68 Å². The predicted octanol–water partition coefficient (Wildman–Crippen LogP) is 6.05. The van der Waals surface area contributed by atoms with Crippen LogP contribution < -0.4 is 16.1 Å². The molecule has 0 atom stereocenters. The molecule has 178 valence electrons. The molecule has 3 N–H and O–H groups in total. The summed E-state index contributed by atoms with van der Waals surface area (Å²) in [5, 5.41) is 6.21. The molecule has 4 rings (SSSR count). The van der Waals surface area contributed by atoms with Crippen LogP contribution in [0.5, 0.6) is 0 Å². The van der Waals surface area contributed by atoms with Gasteiger partial charge in [-0.05, 0) is 95.9 Å². The van der Waals surface area contributed by atoms with E-state index in [2.05, 4.69) is 47.9 Å². The smallest absolute Gasteiger partial charge is 0.320 e. The normalized spacial score (nSPS) is 10.8. The molecule has 7 nitrogen and oxygen atoms in total. The van der Waals surface area contributed by atoms with Crippen LogP contribution >= 0.6 is 31.9 Å². The fourth-order valence-electron chi connectivity index (χ4n) is 3.60. The predicted molar refractivity (Wildman–Crippen MR) is 145 cm³/mol. The van der Waals surface area contributed by atoms with Gasteiger partial charge in [-0.25, -0.2) is 4.68 Å². The van der Waals surface area contributed by atoms with Gasteiger partial charge < -0.3 is 10.6 Å². The highest BCUT2D eigenvalue weighted by Gasteiger charge is 2.22. The lowest BCUT2D eigenvalue weighted by atomic mass is 10.1. The second kappa shape index (κ2) is 10.1. The van der Waals surface area contributed by atoms with Crippen LogP contribution in [0.3, 0.4) is 0 Å². The third-order valence-electron chi connectivity index (χ3n) is 5.64. The number of nitrogens with zero attached hydrogens (tertiary/aromatic N) is 1. The molecule has 0 aliphatic rings. The van der Waals surface area contributed by atoms with E-state index in [1.54, 1.807) is 36.4 Å². The Hall–Kier alpha value is -3.43.